The van der Waals surface area contributed by atoms with Crippen molar-refractivity contribution in [1.29, 1.82) is 0 Å². The molecule has 0 radical (unpaired) electrons. The van der Waals surface area contributed by atoms with Crippen molar-refractivity contribution in [3.05, 3.63) is 12.2 Å². The van der Waals surface area contributed by atoms with Crippen LogP contribution < -0.4 is 0 Å². The van der Waals surface area contributed by atoms with Crippen LogP contribution in [0.5, 0.6) is 0 Å². The summed E-state index contributed by atoms with van der Waals surface area (Å²) in [6.45, 7) is 0. The summed E-state index contributed by atoms with van der Waals surface area (Å²) < 4.78 is 0. The average Bonchev–Trinajstić information content (AvgIpc) is 1.76. The zero-order valence-electron chi connectivity index (χ0n) is 3.20. The van der Waals surface area contributed by atoms with Gasteiger partial charge in [-0.25, -0.2) is 0 Å². The first-order valence-corrected chi connectivity index (χ1v) is 2.05. The van der Waals surface area contributed by atoms with Crippen molar-refractivity contribution in [2.24, 2.45) is 0 Å². The molecular weight excluding hydrogens is 60.1 g/mol. The van der Waals surface area contributed by atoms with E-state index >= 15 is 0 Å². The molecule has 0 aromatic rings. The molecule has 26 valence electrons. The van der Waals surface area contributed by atoms with E-state index in [1.807, 2.05) is 0 Å². The maximum absolute atomic E-state index is 3.10. The highest BCUT2D eigenvalue weighted by atomic mass is 13.9. The van der Waals surface area contributed by atoms with Gasteiger partial charge in [0.15, 0.2) is 12.5 Å². The first kappa shape index (κ1) is 2.87. The molecule has 1 aliphatic rings. The third-order valence-corrected chi connectivity index (χ3v) is 0.814. The molecule has 0 spiro atoms. The maximum Gasteiger partial charge on any atom is 0.218 e. The number of hydrogen-bond donors (Lipinski definition) is 0. The van der Waals surface area contributed by atoms with Gasteiger partial charge in [0.05, 0.1) is 0 Å². The van der Waals surface area contributed by atoms with Crippen molar-refractivity contribution in [2.45, 2.75) is 19.3 Å². The Labute approximate surface area is 32.5 Å². The van der Waals surface area contributed by atoms with E-state index in [2.05, 4.69) is 12.2 Å². The number of allylic oxidation sites excluding steroid dienone is 2. The van der Waals surface area contributed by atoms with Crippen LogP contribution in [0.4, 0.5) is 0 Å². The van der Waals surface area contributed by atoms with Crippen molar-refractivity contribution in [3.8, 4) is 0 Å². The van der Waals surface area contributed by atoms with Gasteiger partial charge in [0, 0.05) is 12.8 Å². The van der Waals surface area contributed by atoms with Crippen molar-refractivity contribution >= 4 is 0 Å². The highest BCUT2D eigenvalue weighted by Crippen LogP contribution is 2.03. The normalized spacial score (nSPS) is 19.2. The second kappa shape index (κ2) is 1.19. The third-order valence-electron chi connectivity index (χ3n) is 0.814. The third kappa shape index (κ3) is 0.460. The lowest BCUT2D eigenvalue weighted by molar-refractivity contribution is 0.922. The monoisotopic (exact) mass is 67.1 g/mol. The van der Waals surface area contributed by atoms with E-state index in [9.17, 15) is 0 Å². The first-order valence-electron chi connectivity index (χ1n) is 2.05. The van der Waals surface area contributed by atoms with Crippen molar-refractivity contribution in [2.75, 3.05) is 0 Å². The molecule has 1 rings (SSSR count). The molecule has 0 saturated carbocycles. The fourth-order valence-electron chi connectivity index (χ4n) is 0.510. The lowest BCUT2D eigenvalue weighted by atomic mass is 10.4. The molecule has 0 aromatic carbocycles. The second-order valence-corrected chi connectivity index (χ2v) is 1.30. The summed E-state index contributed by atoms with van der Waals surface area (Å²) in [7, 11) is 0. The van der Waals surface area contributed by atoms with Crippen LogP contribution in [0.1, 0.15) is 19.3 Å². The van der Waals surface area contributed by atoms with Gasteiger partial charge in [-0.2, -0.15) is 0 Å². The Morgan fingerprint density at radius 1 is 1.60 bits per heavy atom. The first-order chi connectivity index (χ1) is 2.50. The summed E-state index contributed by atoms with van der Waals surface area (Å²) >= 11 is 0. The predicted molar refractivity (Wildman–Crippen MR) is 21.7 cm³/mol. The summed E-state index contributed by atoms with van der Waals surface area (Å²) in [6.07, 6.45) is 9.00. The summed E-state index contributed by atoms with van der Waals surface area (Å²) in [5.41, 5.74) is 0. The van der Waals surface area contributed by atoms with Crippen LogP contribution in [0.15, 0.2) is 6.08 Å². The van der Waals surface area contributed by atoms with E-state index < -0.39 is 0 Å². The Balaban J connectivity index is 2.32. The lowest BCUT2D eigenvalue weighted by Gasteiger charge is -1.58. The quantitative estimate of drug-likeness (QED) is 0.377. The van der Waals surface area contributed by atoms with E-state index in [-0.39, 0.29) is 0 Å². The van der Waals surface area contributed by atoms with Crippen molar-refractivity contribution < 1.29 is 0 Å². The van der Waals surface area contributed by atoms with Gasteiger partial charge < -0.3 is 0 Å². The Kier molecular flexibility index (Phi) is 0.679. The van der Waals surface area contributed by atoms with Crippen molar-refractivity contribution in [1.82, 2.24) is 0 Å². The zero-order chi connectivity index (χ0) is 3.54. The van der Waals surface area contributed by atoms with E-state index in [1.165, 1.54) is 19.3 Å². The molecule has 0 N–H and O–H groups in total. The van der Waals surface area contributed by atoms with E-state index in [1.54, 1.807) is 0 Å². The summed E-state index contributed by atoms with van der Waals surface area (Å²) in [5.74, 6) is 0. The van der Waals surface area contributed by atoms with Crippen LogP contribution in [0.3, 0.4) is 0 Å². The van der Waals surface area contributed by atoms with Gasteiger partial charge in [0.25, 0.3) is 0 Å². The fraction of sp³-hybridized carbons (Fsp3) is 0.600. The maximum atomic E-state index is 3.10. The van der Waals surface area contributed by atoms with Gasteiger partial charge in [0.1, 0.15) is 0 Å². The van der Waals surface area contributed by atoms with Crippen LogP contribution in [-0.2, 0) is 0 Å². The van der Waals surface area contributed by atoms with Crippen LogP contribution in [0.2, 0.25) is 0 Å². The van der Waals surface area contributed by atoms with E-state index in [0.29, 0.717) is 0 Å². The molecule has 0 heteroatoms. The van der Waals surface area contributed by atoms with Crippen LogP contribution in [0.25, 0.3) is 0 Å². The second-order valence-electron chi connectivity index (χ2n) is 1.30. The van der Waals surface area contributed by atoms with Gasteiger partial charge >= 0.3 is 0 Å². The standard InChI is InChI=1S/C5H7/c1-2-4-5-3-1/h1H,2,4-5H2/q+1. The smallest absolute Gasteiger partial charge is 0.00545 e. The Hall–Kier alpha value is -0.350. The number of rotatable bonds is 0. The summed E-state index contributed by atoms with van der Waals surface area (Å²) in [5, 5.41) is 0. The van der Waals surface area contributed by atoms with Crippen LogP contribution in [-0.4, -0.2) is 0 Å². The van der Waals surface area contributed by atoms with Crippen molar-refractivity contribution in [3.63, 3.8) is 0 Å². The molecule has 0 fully saturated rings. The average molecular weight is 67.1 g/mol. The minimum absolute atomic E-state index is 1.19. The van der Waals surface area contributed by atoms with Gasteiger partial charge in [-0.3, -0.25) is 0 Å². The Bertz CT molecular complexity index is 38.0. The van der Waals surface area contributed by atoms with Gasteiger partial charge in [-0.1, -0.05) is 0 Å². The highest BCUT2D eigenvalue weighted by molar-refractivity contribution is 4.80. The molecule has 1 aliphatic carbocycles. The zero-order valence-corrected chi connectivity index (χ0v) is 3.20. The highest BCUT2D eigenvalue weighted by Gasteiger charge is 2.00. The molecular formula is C5H7+. The van der Waals surface area contributed by atoms with Gasteiger partial charge in [-0.05, 0) is 0 Å². The minimum atomic E-state index is 1.19. The molecule has 0 heterocycles. The molecule has 0 nitrogen and oxygen atoms in total. The minimum Gasteiger partial charge on any atom is 0.00545 e. The molecule has 0 aliphatic heterocycles. The summed E-state index contributed by atoms with van der Waals surface area (Å²) in [6, 6.07) is 0. The molecule has 0 amide bonds. The van der Waals surface area contributed by atoms with E-state index in [4.69, 9.17) is 0 Å². The SMILES string of the molecule is [C+]1=CCCC1. The van der Waals surface area contributed by atoms with Gasteiger partial charge in [0.2, 0.25) is 6.08 Å². The predicted octanol–water partition coefficient (Wildman–Crippen LogP) is 1.53. The number of hydrogen-bond acceptors (Lipinski definition) is 0. The van der Waals surface area contributed by atoms with Crippen LogP contribution >= 0.6 is 0 Å². The Morgan fingerprint density at radius 2 is 2.60 bits per heavy atom. The molecule has 0 aromatic heterocycles. The topological polar surface area (TPSA) is 0 Å². The molecule has 0 bridgehead atoms. The van der Waals surface area contributed by atoms with E-state index in [0.717, 1.165) is 0 Å². The van der Waals surface area contributed by atoms with Crippen LogP contribution in [0, 0.1) is 6.08 Å². The molecule has 0 saturated heterocycles. The molecule has 0 atom stereocenters. The summed E-state index contributed by atoms with van der Waals surface area (Å²) in [4.78, 5) is 0. The molecule has 0 unspecified atom stereocenters. The van der Waals surface area contributed by atoms with Gasteiger partial charge in [-0.15, -0.1) is 0 Å². The Morgan fingerprint density at radius 3 is 2.80 bits per heavy atom. The lowest BCUT2D eigenvalue weighted by Crippen LogP contribution is -1.50. The molecule has 5 heavy (non-hydrogen) atoms. The fourth-order valence-corrected chi connectivity index (χ4v) is 0.510. The largest absolute Gasteiger partial charge is 0.218 e.